The fraction of sp³-hybridized carbons (Fsp3) is 0.588. The summed E-state index contributed by atoms with van der Waals surface area (Å²) in [5, 5.41) is 3.32. The predicted octanol–water partition coefficient (Wildman–Crippen LogP) is 3.33. The average Bonchev–Trinajstić information content (AvgIpc) is 2.48. The molecule has 1 aliphatic heterocycles. The van der Waals surface area contributed by atoms with Crippen LogP contribution >= 0.6 is 12.4 Å². The Labute approximate surface area is 134 Å². The Bertz CT molecular complexity index is 439. The summed E-state index contributed by atoms with van der Waals surface area (Å²) in [5.41, 5.74) is 2.54. The third-order valence-corrected chi connectivity index (χ3v) is 4.05. The smallest absolute Gasteiger partial charge is 0.239 e. The Morgan fingerprint density at radius 3 is 2.48 bits per heavy atom. The molecular formula is C17H27ClN2O. The molecule has 1 unspecified atom stereocenters. The molecule has 0 aromatic heterocycles. The summed E-state index contributed by atoms with van der Waals surface area (Å²) >= 11 is 0. The number of carbonyl (C=O) groups is 1. The van der Waals surface area contributed by atoms with Crippen molar-refractivity contribution in [1.82, 2.24) is 10.2 Å². The molecule has 0 radical (unpaired) electrons. The van der Waals surface area contributed by atoms with E-state index >= 15 is 0 Å². The maximum atomic E-state index is 12.3. The second-order valence-electron chi connectivity index (χ2n) is 6.09. The predicted molar refractivity (Wildman–Crippen MR) is 89.9 cm³/mol. The van der Waals surface area contributed by atoms with Crippen LogP contribution in [-0.4, -0.2) is 30.4 Å². The van der Waals surface area contributed by atoms with Gasteiger partial charge < -0.3 is 10.2 Å². The van der Waals surface area contributed by atoms with Gasteiger partial charge in [0.1, 0.15) is 0 Å². The van der Waals surface area contributed by atoms with Crippen LogP contribution in [-0.2, 0) is 11.3 Å². The second kappa shape index (κ2) is 8.40. The van der Waals surface area contributed by atoms with Crippen LogP contribution in [0.3, 0.4) is 0 Å². The third-order valence-electron chi connectivity index (χ3n) is 4.05. The Hall–Kier alpha value is -1.06. The van der Waals surface area contributed by atoms with Crippen molar-refractivity contribution in [2.24, 2.45) is 0 Å². The lowest BCUT2D eigenvalue weighted by Crippen LogP contribution is -2.46. The number of nitrogens with one attached hydrogen (secondary N) is 1. The van der Waals surface area contributed by atoms with Crippen LogP contribution in [0.2, 0.25) is 0 Å². The number of halogens is 1. The lowest BCUT2D eigenvalue weighted by atomic mass is 10.0. The maximum absolute atomic E-state index is 12.3. The number of nitrogens with zero attached hydrogens (tertiary/aromatic N) is 1. The minimum atomic E-state index is 0. The van der Waals surface area contributed by atoms with Crippen molar-refractivity contribution in [3.8, 4) is 0 Å². The van der Waals surface area contributed by atoms with Crippen LogP contribution in [0.5, 0.6) is 0 Å². The molecule has 118 valence electrons. The first kappa shape index (κ1) is 18.0. The van der Waals surface area contributed by atoms with E-state index in [0.717, 1.165) is 19.4 Å². The lowest BCUT2D eigenvalue weighted by Gasteiger charge is -2.27. The van der Waals surface area contributed by atoms with Gasteiger partial charge in [-0.25, -0.2) is 0 Å². The van der Waals surface area contributed by atoms with Crippen molar-refractivity contribution in [3.05, 3.63) is 35.4 Å². The molecule has 1 atom stereocenters. The summed E-state index contributed by atoms with van der Waals surface area (Å²) in [4.78, 5) is 14.2. The molecular weight excluding hydrogens is 284 g/mol. The first-order valence-electron chi connectivity index (χ1n) is 7.65. The molecule has 1 heterocycles. The lowest BCUT2D eigenvalue weighted by molar-refractivity contribution is -0.133. The average molecular weight is 311 g/mol. The Kier molecular flexibility index (Phi) is 7.20. The monoisotopic (exact) mass is 310 g/mol. The number of rotatable bonds is 4. The third kappa shape index (κ3) is 5.01. The molecule has 2 rings (SSSR count). The van der Waals surface area contributed by atoms with Gasteiger partial charge in [0.2, 0.25) is 5.91 Å². The molecule has 21 heavy (non-hydrogen) atoms. The minimum absolute atomic E-state index is 0. The molecule has 0 bridgehead atoms. The number of amides is 1. The van der Waals surface area contributed by atoms with Crippen molar-refractivity contribution in [2.45, 2.75) is 51.6 Å². The van der Waals surface area contributed by atoms with Gasteiger partial charge in [0.05, 0.1) is 6.04 Å². The number of benzene rings is 1. The molecule has 1 fully saturated rings. The molecule has 3 nitrogen and oxygen atoms in total. The Balaban J connectivity index is 0.00000220. The molecule has 1 amide bonds. The molecule has 0 spiro atoms. The first-order chi connectivity index (χ1) is 9.58. The van der Waals surface area contributed by atoms with Crippen molar-refractivity contribution in [2.75, 3.05) is 13.6 Å². The van der Waals surface area contributed by atoms with E-state index in [-0.39, 0.29) is 24.4 Å². The Morgan fingerprint density at radius 1 is 1.29 bits per heavy atom. The first-order valence-corrected chi connectivity index (χ1v) is 7.65. The van der Waals surface area contributed by atoms with Crippen LogP contribution in [0.25, 0.3) is 0 Å². The van der Waals surface area contributed by atoms with Gasteiger partial charge >= 0.3 is 0 Å². The quantitative estimate of drug-likeness (QED) is 0.925. The second-order valence-corrected chi connectivity index (χ2v) is 6.09. The summed E-state index contributed by atoms with van der Waals surface area (Å²) < 4.78 is 0. The van der Waals surface area contributed by atoms with Gasteiger partial charge in [0.25, 0.3) is 0 Å². The number of likely N-dealkylation sites (N-methyl/N-ethyl adjacent to an activating group) is 1. The topological polar surface area (TPSA) is 32.3 Å². The van der Waals surface area contributed by atoms with Crippen LogP contribution in [0, 0.1) is 0 Å². The van der Waals surface area contributed by atoms with Gasteiger partial charge in [0, 0.05) is 13.6 Å². The highest BCUT2D eigenvalue weighted by Crippen LogP contribution is 2.16. The van der Waals surface area contributed by atoms with Crippen LogP contribution in [0.4, 0.5) is 0 Å². The van der Waals surface area contributed by atoms with E-state index in [2.05, 4.69) is 43.4 Å². The van der Waals surface area contributed by atoms with Crippen molar-refractivity contribution >= 4 is 18.3 Å². The Morgan fingerprint density at radius 2 is 1.95 bits per heavy atom. The standard InChI is InChI=1S/C17H26N2O.ClH/c1-13(2)15-9-7-14(8-10-15)12-19(3)17(20)16-6-4-5-11-18-16;/h7-10,13,16,18H,4-6,11-12H2,1-3H3;1H. The van der Waals surface area contributed by atoms with E-state index in [1.54, 1.807) is 0 Å². The zero-order chi connectivity index (χ0) is 14.5. The highest BCUT2D eigenvalue weighted by Gasteiger charge is 2.23. The van der Waals surface area contributed by atoms with Gasteiger partial charge in [-0.3, -0.25) is 4.79 Å². The van der Waals surface area contributed by atoms with E-state index in [1.807, 2.05) is 11.9 Å². The van der Waals surface area contributed by atoms with E-state index in [4.69, 9.17) is 0 Å². The zero-order valence-corrected chi connectivity index (χ0v) is 14.1. The molecule has 1 aromatic rings. The van der Waals surface area contributed by atoms with Crippen molar-refractivity contribution < 1.29 is 4.79 Å². The maximum Gasteiger partial charge on any atom is 0.239 e. The summed E-state index contributed by atoms with van der Waals surface area (Å²) in [5.74, 6) is 0.771. The summed E-state index contributed by atoms with van der Waals surface area (Å²) in [6, 6.07) is 8.61. The number of hydrogen-bond donors (Lipinski definition) is 1. The largest absolute Gasteiger partial charge is 0.340 e. The van der Waals surface area contributed by atoms with Gasteiger partial charge in [-0.2, -0.15) is 0 Å². The van der Waals surface area contributed by atoms with Gasteiger partial charge in [-0.15, -0.1) is 12.4 Å². The van der Waals surface area contributed by atoms with Gasteiger partial charge in [-0.1, -0.05) is 44.5 Å². The normalized spacial score (nSPS) is 18.2. The van der Waals surface area contributed by atoms with Crippen molar-refractivity contribution in [1.29, 1.82) is 0 Å². The fourth-order valence-corrected chi connectivity index (χ4v) is 2.69. The molecule has 0 aliphatic carbocycles. The molecule has 4 heteroatoms. The summed E-state index contributed by atoms with van der Waals surface area (Å²) in [7, 11) is 1.90. The zero-order valence-electron chi connectivity index (χ0n) is 13.3. The van der Waals surface area contributed by atoms with E-state index in [0.29, 0.717) is 12.5 Å². The summed E-state index contributed by atoms with van der Waals surface area (Å²) in [6.07, 6.45) is 3.31. The highest BCUT2D eigenvalue weighted by atomic mass is 35.5. The van der Waals surface area contributed by atoms with Crippen LogP contribution in [0.15, 0.2) is 24.3 Å². The number of hydrogen-bond acceptors (Lipinski definition) is 2. The van der Waals surface area contributed by atoms with Crippen LogP contribution in [0.1, 0.15) is 50.2 Å². The van der Waals surface area contributed by atoms with Crippen molar-refractivity contribution in [3.63, 3.8) is 0 Å². The van der Waals surface area contributed by atoms with E-state index in [1.165, 1.54) is 17.5 Å². The van der Waals surface area contributed by atoms with Crippen LogP contribution < -0.4 is 5.32 Å². The fourth-order valence-electron chi connectivity index (χ4n) is 2.69. The molecule has 1 N–H and O–H groups in total. The highest BCUT2D eigenvalue weighted by molar-refractivity contribution is 5.85. The number of carbonyl (C=O) groups excluding carboxylic acids is 1. The van der Waals surface area contributed by atoms with E-state index in [9.17, 15) is 4.79 Å². The molecule has 1 aliphatic rings. The van der Waals surface area contributed by atoms with E-state index < -0.39 is 0 Å². The van der Waals surface area contributed by atoms with Gasteiger partial charge in [-0.05, 0) is 36.4 Å². The molecule has 1 aromatic carbocycles. The van der Waals surface area contributed by atoms with Gasteiger partial charge in [0.15, 0.2) is 0 Å². The minimum Gasteiger partial charge on any atom is -0.340 e. The SMILES string of the molecule is CC(C)c1ccc(CN(C)C(=O)C2CCCCN2)cc1.Cl. The summed E-state index contributed by atoms with van der Waals surface area (Å²) in [6.45, 7) is 6.04. The number of piperidine rings is 1. The molecule has 0 saturated carbocycles. The molecule has 1 saturated heterocycles.